The van der Waals surface area contributed by atoms with Crippen LogP contribution in [0.25, 0.3) is 0 Å². The van der Waals surface area contributed by atoms with E-state index in [4.69, 9.17) is 9.47 Å². The molecule has 0 aliphatic heterocycles. The molecule has 1 N–H and O–H groups in total. The first-order chi connectivity index (χ1) is 9.02. The fraction of sp³-hybridized carbons (Fsp3) is 0.533. The number of carbonyl (C=O) groups is 1. The summed E-state index contributed by atoms with van der Waals surface area (Å²) in [6.45, 7) is 6.45. The van der Waals surface area contributed by atoms with Crippen LogP contribution in [0.1, 0.15) is 27.2 Å². The second-order valence-corrected chi connectivity index (χ2v) is 4.98. The number of hydrogen-bond donors (Lipinski definition) is 1. The first-order valence-corrected chi connectivity index (χ1v) is 6.59. The minimum atomic E-state index is -0.104. The van der Waals surface area contributed by atoms with Gasteiger partial charge in [-0.1, -0.05) is 26.0 Å². The Balaban J connectivity index is 2.42. The average Bonchev–Trinajstić information content (AvgIpc) is 2.36. The van der Waals surface area contributed by atoms with Crippen LogP contribution in [-0.2, 0) is 4.79 Å². The quantitative estimate of drug-likeness (QED) is 0.824. The molecule has 1 aromatic rings. The summed E-state index contributed by atoms with van der Waals surface area (Å²) in [6, 6.07) is 7.48. The fourth-order valence-electron chi connectivity index (χ4n) is 1.68. The van der Waals surface area contributed by atoms with Gasteiger partial charge in [-0.2, -0.15) is 0 Å². The zero-order chi connectivity index (χ0) is 14.3. The number of methoxy groups -OCH3 is 1. The van der Waals surface area contributed by atoms with E-state index in [2.05, 4.69) is 5.32 Å². The fourth-order valence-corrected chi connectivity index (χ4v) is 1.68. The van der Waals surface area contributed by atoms with E-state index in [9.17, 15) is 4.79 Å². The molecule has 0 fully saturated rings. The molecular weight excluding hydrogens is 242 g/mol. The molecule has 1 unspecified atom stereocenters. The molecular formula is C15H23NO3. The summed E-state index contributed by atoms with van der Waals surface area (Å²) in [7, 11) is 1.61. The molecule has 0 saturated carbocycles. The lowest BCUT2D eigenvalue weighted by Gasteiger charge is -2.17. The van der Waals surface area contributed by atoms with Crippen molar-refractivity contribution in [1.82, 2.24) is 5.32 Å². The normalized spacial score (nSPS) is 12.1. The van der Waals surface area contributed by atoms with E-state index in [-0.39, 0.29) is 12.0 Å². The molecule has 0 bridgehead atoms. The lowest BCUT2D eigenvalue weighted by molar-refractivity contribution is -0.122. The highest BCUT2D eigenvalue weighted by Crippen LogP contribution is 2.26. The van der Waals surface area contributed by atoms with Gasteiger partial charge in [-0.15, -0.1) is 0 Å². The van der Waals surface area contributed by atoms with Gasteiger partial charge in [0.2, 0.25) is 5.91 Å². The third-order valence-electron chi connectivity index (χ3n) is 2.58. The zero-order valence-corrected chi connectivity index (χ0v) is 12.1. The third kappa shape index (κ3) is 5.64. The largest absolute Gasteiger partial charge is 0.493 e. The number of benzene rings is 1. The SMILES string of the molecule is COc1ccccc1OC(C)CNC(=O)CC(C)C. The van der Waals surface area contributed by atoms with Crippen LogP contribution in [0.5, 0.6) is 11.5 Å². The topological polar surface area (TPSA) is 47.6 Å². The number of carbonyl (C=O) groups excluding carboxylic acids is 1. The van der Waals surface area contributed by atoms with Crippen molar-refractivity contribution in [2.24, 2.45) is 5.92 Å². The van der Waals surface area contributed by atoms with Gasteiger partial charge in [0.1, 0.15) is 6.10 Å². The predicted octanol–water partition coefficient (Wildman–Crippen LogP) is 2.62. The number of rotatable bonds is 7. The van der Waals surface area contributed by atoms with Gasteiger partial charge in [0.05, 0.1) is 13.7 Å². The van der Waals surface area contributed by atoms with Crippen molar-refractivity contribution < 1.29 is 14.3 Å². The third-order valence-corrected chi connectivity index (χ3v) is 2.58. The maximum Gasteiger partial charge on any atom is 0.220 e. The smallest absolute Gasteiger partial charge is 0.220 e. The summed E-state index contributed by atoms with van der Waals surface area (Å²) in [4.78, 5) is 11.5. The molecule has 0 radical (unpaired) electrons. The molecule has 4 nitrogen and oxygen atoms in total. The van der Waals surface area contributed by atoms with Crippen LogP contribution in [0.4, 0.5) is 0 Å². The number of hydrogen-bond acceptors (Lipinski definition) is 3. The van der Waals surface area contributed by atoms with Crippen LogP contribution < -0.4 is 14.8 Å². The highest BCUT2D eigenvalue weighted by atomic mass is 16.5. The summed E-state index contributed by atoms with van der Waals surface area (Å²) in [5, 5.41) is 2.87. The van der Waals surface area contributed by atoms with E-state index in [0.29, 0.717) is 30.4 Å². The van der Waals surface area contributed by atoms with Crippen molar-refractivity contribution in [1.29, 1.82) is 0 Å². The van der Waals surface area contributed by atoms with E-state index in [1.54, 1.807) is 7.11 Å². The van der Waals surface area contributed by atoms with Crippen molar-refractivity contribution in [3.63, 3.8) is 0 Å². The molecule has 0 saturated heterocycles. The molecule has 0 aliphatic carbocycles. The van der Waals surface area contributed by atoms with E-state index in [0.717, 1.165) is 0 Å². The summed E-state index contributed by atoms with van der Waals surface area (Å²) in [5.41, 5.74) is 0. The highest BCUT2D eigenvalue weighted by Gasteiger charge is 2.10. The van der Waals surface area contributed by atoms with Gasteiger partial charge < -0.3 is 14.8 Å². The Bertz CT molecular complexity index is 404. The van der Waals surface area contributed by atoms with Crippen LogP contribution in [0, 0.1) is 5.92 Å². The molecule has 1 atom stereocenters. The Labute approximate surface area is 115 Å². The Morgan fingerprint density at radius 1 is 1.21 bits per heavy atom. The molecule has 0 spiro atoms. The molecule has 19 heavy (non-hydrogen) atoms. The van der Waals surface area contributed by atoms with Crippen LogP contribution in [0.3, 0.4) is 0 Å². The first kappa shape index (κ1) is 15.3. The minimum absolute atomic E-state index is 0.0606. The Hall–Kier alpha value is -1.71. The summed E-state index contributed by atoms with van der Waals surface area (Å²) >= 11 is 0. The lowest BCUT2D eigenvalue weighted by atomic mass is 10.1. The molecule has 1 aromatic carbocycles. The van der Waals surface area contributed by atoms with Gasteiger partial charge in [0.25, 0.3) is 0 Å². The number of amides is 1. The lowest BCUT2D eigenvalue weighted by Crippen LogP contribution is -2.34. The van der Waals surface area contributed by atoms with E-state index >= 15 is 0 Å². The number of ether oxygens (including phenoxy) is 2. The van der Waals surface area contributed by atoms with Gasteiger partial charge >= 0.3 is 0 Å². The molecule has 106 valence electrons. The second kappa shape index (κ2) is 7.67. The number of para-hydroxylation sites is 2. The average molecular weight is 265 g/mol. The minimum Gasteiger partial charge on any atom is -0.493 e. The van der Waals surface area contributed by atoms with Crippen molar-refractivity contribution in [2.75, 3.05) is 13.7 Å². The monoisotopic (exact) mass is 265 g/mol. The highest BCUT2D eigenvalue weighted by molar-refractivity contribution is 5.76. The standard InChI is InChI=1S/C15H23NO3/c1-11(2)9-15(17)16-10-12(3)19-14-8-6-5-7-13(14)18-4/h5-8,11-12H,9-10H2,1-4H3,(H,16,17). The summed E-state index contributed by atoms with van der Waals surface area (Å²) < 4.78 is 11.0. The maximum absolute atomic E-state index is 11.5. The van der Waals surface area contributed by atoms with Crippen LogP contribution >= 0.6 is 0 Å². The van der Waals surface area contributed by atoms with Crippen molar-refractivity contribution >= 4 is 5.91 Å². The van der Waals surface area contributed by atoms with Crippen molar-refractivity contribution in [2.45, 2.75) is 33.3 Å². The van der Waals surface area contributed by atoms with E-state index in [1.807, 2.05) is 45.0 Å². The molecule has 0 heterocycles. The molecule has 4 heteroatoms. The van der Waals surface area contributed by atoms with Gasteiger partial charge in [0, 0.05) is 6.42 Å². The molecule has 0 aromatic heterocycles. The van der Waals surface area contributed by atoms with Gasteiger partial charge in [-0.25, -0.2) is 0 Å². The van der Waals surface area contributed by atoms with Crippen LogP contribution in [0.2, 0.25) is 0 Å². The van der Waals surface area contributed by atoms with E-state index in [1.165, 1.54) is 0 Å². The summed E-state index contributed by atoms with van der Waals surface area (Å²) in [5.74, 6) is 1.81. The Morgan fingerprint density at radius 3 is 2.42 bits per heavy atom. The van der Waals surface area contributed by atoms with Crippen LogP contribution in [-0.4, -0.2) is 25.7 Å². The Morgan fingerprint density at radius 2 is 1.84 bits per heavy atom. The first-order valence-electron chi connectivity index (χ1n) is 6.59. The van der Waals surface area contributed by atoms with Crippen LogP contribution in [0.15, 0.2) is 24.3 Å². The zero-order valence-electron chi connectivity index (χ0n) is 12.1. The molecule has 1 rings (SSSR count). The second-order valence-electron chi connectivity index (χ2n) is 4.98. The Kier molecular flexibility index (Phi) is 6.19. The van der Waals surface area contributed by atoms with Gasteiger partial charge in [-0.05, 0) is 25.0 Å². The van der Waals surface area contributed by atoms with Gasteiger partial charge in [-0.3, -0.25) is 4.79 Å². The molecule has 1 amide bonds. The maximum atomic E-state index is 11.5. The summed E-state index contributed by atoms with van der Waals surface area (Å²) in [6.07, 6.45) is 0.439. The molecule has 0 aliphatic rings. The van der Waals surface area contributed by atoms with Crippen molar-refractivity contribution in [3.05, 3.63) is 24.3 Å². The van der Waals surface area contributed by atoms with Gasteiger partial charge in [0.15, 0.2) is 11.5 Å². The van der Waals surface area contributed by atoms with Crippen molar-refractivity contribution in [3.8, 4) is 11.5 Å². The predicted molar refractivity (Wildman–Crippen MR) is 75.5 cm³/mol. The van der Waals surface area contributed by atoms with E-state index < -0.39 is 0 Å². The number of nitrogens with one attached hydrogen (secondary N) is 1.